The number of nitrogens with two attached hydrogens (primary N) is 1. The van der Waals surface area contributed by atoms with Gasteiger partial charge in [0.2, 0.25) is 0 Å². The van der Waals surface area contributed by atoms with Gasteiger partial charge in [0.15, 0.2) is 0 Å². The molecule has 5 N–H and O–H groups in total. The van der Waals surface area contributed by atoms with Crippen LogP contribution in [0.1, 0.15) is 26.3 Å². The highest BCUT2D eigenvalue weighted by Gasteiger charge is 2.18. The first-order chi connectivity index (χ1) is 17.0. The molecule has 0 aliphatic rings. The van der Waals surface area contributed by atoms with Crippen molar-refractivity contribution >= 4 is 67.2 Å². The third kappa shape index (κ3) is 4.11. The van der Waals surface area contributed by atoms with E-state index < -0.39 is 0 Å². The first-order valence-electron chi connectivity index (χ1n) is 10.7. The Morgan fingerprint density at radius 3 is 2.69 bits per heavy atom. The molecule has 0 bridgehead atoms. The summed E-state index contributed by atoms with van der Waals surface area (Å²) in [5.74, 6) is 0.499. The number of fused-ring (bicyclic) bond motifs is 2. The lowest BCUT2D eigenvalue weighted by Crippen LogP contribution is -2.17. The number of hydrogen-bond donors (Lipinski definition) is 4. The number of anilines is 4. The summed E-state index contributed by atoms with van der Waals surface area (Å²) >= 11 is 1.34. The number of pyridine rings is 1. The molecule has 5 rings (SSSR count). The molecule has 9 nitrogen and oxygen atoms in total. The van der Waals surface area contributed by atoms with Crippen molar-refractivity contribution in [3.63, 3.8) is 0 Å². The molecule has 0 aliphatic heterocycles. The standard InChI is InChI=1S/C25H21N7O2S/c1-13-6-7-17-16(8-9-28-23(17)31-15-5-3-4-14(10-15)24(33)27-2)19(13)32-25(34)18-11-35-21-20(18)29-12-30-22(21)26/h3-12H,1-2H3,(H,27,33)(H,28,31)(H,32,34)(H2,26,29,30). The number of rotatable bonds is 5. The van der Waals surface area contributed by atoms with E-state index in [-0.39, 0.29) is 11.8 Å². The normalized spacial score (nSPS) is 10.9. The quantitative estimate of drug-likeness (QED) is 0.289. The van der Waals surface area contributed by atoms with E-state index in [4.69, 9.17) is 5.73 Å². The van der Waals surface area contributed by atoms with Crippen LogP contribution < -0.4 is 21.7 Å². The topological polar surface area (TPSA) is 135 Å². The average molecular weight is 484 g/mol. The monoisotopic (exact) mass is 483 g/mol. The maximum absolute atomic E-state index is 13.2. The molecular formula is C25H21N7O2S. The van der Waals surface area contributed by atoms with E-state index in [2.05, 4.69) is 30.9 Å². The molecule has 0 spiro atoms. The van der Waals surface area contributed by atoms with Crippen LogP contribution in [0.15, 0.2) is 60.4 Å². The molecule has 3 aromatic heterocycles. The first kappa shape index (κ1) is 22.2. The van der Waals surface area contributed by atoms with Crippen molar-refractivity contribution in [3.05, 3.63) is 77.1 Å². The van der Waals surface area contributed by atoms with Gasteiger partial charge < -0.3 is 21.7 Å². The van der Waals surface area contributed by atoms with E-state index >= 15 is 0 Å². The van der Waals surface area contributed by atoms with E-state index in [1.807, 2.05) is 31.2 Å². The Labute approximate surface area is 204 Å². The Kier molecular flexibility index (Phi) is 5.71. The lowest BCUT2D eigenvalue weighted by atomic mass is 10.0. The van der Waals surface area contributed by atoms with Gasteiger partial charge in [-0.15, -0.1) is 11.3 Å². The van der Waals surface area contributed by atoms with Crippen molar-refractivity contribution in [1.29, 1.82) is 0 Å². The van der Waals surface area contributed by atoms with Crippen molar-refractivity contribution in [2.45, 2.75) is 6.92 Å². The van der Waals surface area contributed by atoms with Crippen LogP contribution in [0.3, 0.4) is 0 Å². The fraction of sp³-hybridized carbons (Fsp3) is 0.0800. The Morgan fingerprint density at radius 2 is 1.86 bits per heavy atom. The summed E-state index contributed by atoms with van der Waals surface area (Å²) in [7, 11) is 1.59. The number of nitrogens with zero attached hydrogens (tertiary/aromatic N) is 3. The third-order valence-electron chi connectivity index (χ3n) is 5.63. The van der Waals surface area contributed by atoms with Gasteiger partial charge in [0.25, 0.3) is 11.8 Å². The van der Waals surface area contributed by atoms with E-state index in [0.29, 0.717) is 38.7 Å². The van der Waals surface area contributed by atoms with Crippen molar-refractivity contribution in [2.75, 3.05) is 23.4 Å². The van der Waals surface area contributed by atoms with Crippen molar-refractivity contribution in [2.24, 2.45) is 0 Å². The fourth-order valence-corrected chi connectivity index (χ4v) is 4.76. The summed E-state index contributed by atoms with van der Waals surface area (Å²) in [6.45, 7) is 1.93. The lowest BCUT2D eigenvalue weighted by molar-refractivity contribution is 0.0962. The van der Waals surface area contributed by atoms with Gasteiger partial charge in [0, 0.05) is 40.6 Å². The highest BCUT2D eigenvalue weighted by Crippen LogP contribution is 2.34. The number of amides is 2. The Hall–Kier alpha value is -4.57. The highest BCUT2D eigenvalue weighted by molar-refractivity contribution is 7.18. The van der Waals surface area contributed by atoms with Crippen LogP contribution in [-0.2, 0) is 0 Å². The van der Waals surface area contributed by atoms with Gasteiger partial charge in [-0.2, -0.15) is 0 Å². The van der Waals surface area contributed by atoms with Gasteiger partial charge >= 0.3 is 0 Å². The molecule has 3 heterocycles. The van der Waals surface area contributed by atoms with Crippen molar-refractivity contribution < 1.29 is 9.59 Å². The molecule has 0 radical (unpaired) electrons. The van der Waals surface area contributed by atoms with Crippen molar-refractivity contribution in [3.8, 4) is 0 Å². The molecule has 0 atom stereocenters. The Balaban J connectivity index is 1.51. The highest BCUT2D eigenvalue weighted by atomic mass is 32.1. The maximum Gasteiger partial charge on any atom is 0.258 e. The number of carbonyl (C=O) groups is 2. The summed E-state index contributed by atoms with van der Waals surface area (Å²) in [5, 5.41) is 12.3. The molecule has 0 saturated carbocycles. The Bertz CT molecular complexity index is 1610. The van der Waals surface area contributed by atoms with E-state index in [1.54, 1.807) is 36.8 Å². The average Bonchev–Trinajstić information content (AvgIpc) is 3.31. The van der Waals surface area contributed by atoms with Crippen LogP contribution in [-0.4, -0.2) is 33.8 Å². The molecule has 174 valence electrons. The SMILES string of the molecule is CNC(=O)c1cccc(Nc2nccc3c(NC(=O)c4csc5c(N)ncnc45)c(C)ccc23)c1. The predicted octanol–water partition coefficient (Wildman–Crippen LogP) is 4.49. The fourth-order valence-electron chi connectivity index (χ4n) is 3.86. The summed E-state index contributed by atoms with van der Waals surface area (Å²) in [6.07, 6.45) is 3.03. The number of carbonyl (C=O) groups excluding carboxylic acids is 2. The number of benzene rings is 2. The second kappa shape index (κ2) is 8.99. The van der Waals surface area contributed by atoms with E-state index in [0.717, 1.165) is 22.0 Å². The van der Waals surface area contributed by atoms with Gasteiger partial charge in [-0.05, 0) is 36.8 Å². The molecule has 2 aromatic carbocycles. The molecule has 0 unspecified atom stereocenters. The third-order valence-corrected chi connectivity index (χ3v) is 6.62. The summed E-state index contributed by atoms with van der Waals surface area (Å²) in [6, 6.07) is 12.9. The zero-order chi connectivity index (χ0) is 24.5. The largest absolute Gasteiger partial charge is 0.382 e. The molecular weight excluding hydrogens is 462 g/mol. The summed E-state index contributed by atoms with van der Waals surface area (Å²) < 4.78 is 0.682. The second-order valence-electron chi connectivity index (χ2n) is 7.84. The molecule has 2 amide bonds. The van der Waals surface area contributed by atoms with Crippen LogP contribution in [0, 0.1) is 6.92 Å². The predicted molar refractivity (Wildman–Crippen MR) is 139 cm³/mol. The van der Waals surface area contributed by atoms with Gasteiger partial charge in [-0.3, -0.25) is 9.59 Å². The lowest BCUT2D eigenvalue weighted by Gasteiger charge is -2.15. The van der Waals surface area contributed by atoms with Crippen LogP contribution in [0.5, 0.6) is 0 Å². The van der Waals surface area contributed by atoms with Crippen LogP contribution >= 0.6 is 11.3 Å². The van der Waals surface area contributed by atoms with E-state index in [1.165, 1.54) is 17.7 Å². The number of nitrogens with one attached hydrogen (secondary N) is 3. The molecule has 35 heavy (non-hydrogen) atoms. The molecule has 0 fully saturated rings. The van der Waals surface area contributed by atoms with Gasteiger partial charge in [0.1, 0.15) is 18.0 Å². The summed E-state index contributed by atoms with van der Waals surface area (Å²) in [5.41, 5.74) is 9.73. The molecule has 0 aliphatic carbocycles. The minimum absolute atomic E-state index is 0.173. The minimum atomic E-state index is -0.283. The smallest absolute Gasteiger partial charge is 0.258 e. The van der Waals surface area contributed by atoms with Gasteiger partial charge in [0.05, 0.1) is 21.5 Å². The van der Waals surface area contributed by atoms with E-state index in [9.17, 15) is 9.59 Å². The number of thiophene rings is 1. The zero-order valence-electron chi connectivity index (χ0n) is 18.9. The van der Waals surface area contributed by atoms with Gasteiger partial charge in [-0.25, -0.2) is 15.0 Å². The van der Waals surface area contributed by atoms with Gasteiger partial charge in [-0.1, -0.05) is 18.2 Å². The number of aryl methyl sites for hydroxylation is 1. The number of aromatic nitrogens is 3. The summed E-state index contributed by atoms with van der Waals surface area (Å²) in [4.78, 5) is 38.0. The van der Waals surface area contributed by atoms with Crippen molar-refractivity contribution in [1.82, 2.24) is 20.3 Å². The van der Waals surface area contributed by atoms with Crippen LogP contribution in [0.4, 0.5) is 23.0 Å². The van der Waals surface area contributed by atoms with Crippen LogP contribution in [0.25, 0.3) is 21.0 Å². The van der Waals surface area contributed by atoms with Crippen LogP contribution in [0.2, 0.25) is 0 Å². The second-order valence-corrected chi connectivity index (χ2v) is 8.72. The number of nitrogen functional groups attached to an aromatic ring is 1. The zero-order valence-corrected chi connectivity index (χ0v) is 19.7. The maximum atomic E-state index is 13.2. The minimum Gasteiger partial charge on any atom is -0.382 e. The Morgan fingerprint density at radius 1 is 1.00 bits per heavy atom. The molecule has 5 aromatic rings. The molecule has 10 heteroatoms. The molecule has 0 saturated heterocycles. The first-order valence-corrected chi connectivity index (χ1v) is 11.6. The number of hydrogen-bond acceptors (Lipinski definition) is 8.